The molecule has 2 aliphatic heterocycles. The van der Waals surface area contributed by atoms with Crippen molar-refractivity contribution in [2.75, 3.05) is 7.11 Å². The predicted octanol–water partition coefficient (Wildman–Crippen LogP) is 4.16. The molecule has 0 atom stereocenters. The van der Waals surface area contributed by atoms with Gasteiger partial charge in [0, 0.05) is 6.08 Å². The number of esters is 1. The summed E-state index contributed by atoms with van der Waals surface area (Å²) >= 11 is 6.29. The number of fused-ring (bicyclic) bond motifs is 1. The summed E-state index contributed by atoms with van der Waals surface area (Å²) in [6.45, 7) is 1.67. The predicted molar refractivity (Wildman–Crippen MR) is 114 cm³/mol. The van der Waals surface area contributed by atoms with E-state index in [4.69, 9.17) is 31.3 Å². The van der Waals surface area contributed by atoms with Crippen LogP contribution in [0.3, 0.4) is 0 Å². The van der Waals surface area contributed by atoms with Crippen molar-refractivity contribution in [3.63, 3.8) is 0 Å². The van der Waals surface area contributed by atoms with Crippen molar-refractivity contribution in [3.8, 4) is 11.5 Å². The second-order valence-electron chi connectivity index (χ2n) is 6.73. The van der Waals surface area contributed by atoms with Crippen LogP contribution in [0.4, 0.5) is 4.39 Å². The highest BCUT2D eigenvalue weighted by Crippen LogP contribution is 2.38. The Hall–Kier alpha value is -3.98. The number of amidine groups is 2. The topological polar surface area (TPSA) is 101 Å². The third-order valence-corrected chi connectivity index (χ3v) is 4.81. The number of benzene rings is 2. The van der Waals surface area contributed by atoms with Crippen molar-refractivity contribution >= 4 is 41.2 Å². The minimum Gasteiger partial charge on any atom is -0.493 e. The molecule has 2 aromatic carbocycles. The molecule has 0 saturated heterocycles. The Morgan fingerprint density at radius 1 is 1.31 bits per heavy atom. The number of amides is 1. The number of allylic oxidation sites excluding steroid dienone is 1. The minimum atomic E-state index is -0.949. The van der Waals surface area contributed by atoms with E-state index in [1.807, 2.05) is 0 Å². The molecule has 2 aliphatic rings. The van der Waals surface area contributed by atoms with Gasteiger partial charge in [0.2, 0.25) is 0 Å². The average Bonchev–Trinajstić information content (AvgIpc) is 3.13. The number of halogens is 2. The van der Waals surface area contributed by atoms with Crippen molar-refractivity contribution < 1.29 is 28.3 Å². The molecule has 1 N–H and O–H groups in total. The van der Waals surface area contributed by atoms with Crippen LogP contribution >= 0.6 is 11.6 Å². The second kappa shape index (κ2) is 8.27. The summed E-state index contributed by atoms with van der Waals surface area (Å²) in [5, 5.41) is 9.39. The van der Waals surface area contributed by atoms with Crippen LogP contribution < -0.4 is 9.47 Å². The van der Waals surface area contributed by atoms with Gasteiger partial charge in [0.25, 0.3) is 5.91 Å². The molecule has 0 radical (unpaired) electrons. The standard InChI is InChI=1S/C22H15ClFN3O5/c1-11-7-18-26-21(28)14(20(25)27(18)32-11)8-12-9-15(23)19(17(10-12)30-2)31-22(29)13-5-3-4-6-16(13)24/h3-10,25H,1-2H3/b14-8-,25-20?. The first-order valence-corrected chi connectivity index (χ1v) is 9.60. The Kier molecular flexibility index (Phi) is 5.50. The molecule has 8 nitrogen and oxygen atoms in total. The first kappa shape index (κ1) is 21.3. The van der Waals surface area contributed by atoms with E-state index < -0.39 is 17.7 Å². The van der Waals surface area contributed by atoms with E-state index in [-0.39, 0.29) is 39.3 Å². The summed E-state index contributed by atoms with van der Waals surface area (Å²) in [6, 6.07) is 8.23. The van der Waals surface area contributed by atoms with Gasteiger partial charge in [-0.1, -0.05) is 23.7 Å². The molecule has 0 fully saturated rings. The molecule has 0 aromatic heterocycles. The number of ether oxygens (including phenoxy) is 2. The fraction of sp³-hybridized carbons (Fsp3) is 0.0909. The number of rotatable bonds is 4. The van der Waals surface area contributed by atoms with E-state index in [1.165, 1.54) is 43.5 Å². The minimum absolute atomic E-state index is 0.0187. The van der Waals surface area contributed by atoms with Gasteiger partial charge in [-0.2, -0.15) is 4.99 Å². The maximum atomic E-state index is 13.9. The van der Waals surface area contributed by atoms with E-state index in [0.717, 1.165) is 11.1 Å². The number of hydrogen-bond donors (Lipinski definition) is 1. The first-order chi connectivity index (χ1) is 15.3. The SMILES string of the molecule is COc1cc(/C=C2/C(=N)N3OC(C)=CC3=NC2=O)cc(Cl)c1OC(=O)c1ccccc1F. The monoisotopic (exact) mass is 455 g/mol. The van der Waals surface area contributed by atoms with Gasteiger partial charge in [-0.25, -0.2) is 9.18 Å². The van der Waals surface area contributed by atoms with Crippen molar-refractivity contribution in [2.45, 2.75) is 6.92 Å². The molecule has 162 valence electrons. The molecule has 0 bridgehead atoms. The van der Waals surface area contributed by atoms with E-state index >= 15 is 0 Å². The van der Waals surface area contributed by atoms with Crippen LogP contribution in [0.1, 0.15) is 22.8 Å². The van der Waals surface area contributed by atoms with Crippen LogP contribution in [-0.2, 0) is 9.63 Å². The second-order valence-corrected chi connectivity index (χ2v) is 7.13. The molecule has 0 saturated carbocycles. The summed E-state index contributed by atoms with van der Waals surface area (Å²) in [7, 11) is 1.33. The highest BCUT2D eigenvalue weighted by atomic mass is 35.5. The van der Waals surface area contributed by atoms with Gasteiger partial charge in [0.15, 0.2) is 23.2 Å². The molecule has 0 spiro atoms. The Balaban J connectivity index is 1.66. The molecule has 2 aromatic rings. The van der Waals surface area contributed by atoms with Crippen molar-refractivity contribution in [1.82, 2.24) is 5.06 Å². The zero-order valence-corrected chi connectivity index (χ0v) is 17.6. The summed E-state index contributed by atoms with van der Waals surface area (Å²) in [5.41, 5.74) is 0.0838. The molecule has 2 heterocycles. The molecule has 0 unspecified atom stereocenters. The highest BCUT2D eigenvalue weighted by molar-refractivity contribution is 6.34. The average molecular weight is 456 g/mol. The summed E-state index contributed by atoms with van der Waals surface area (Å²) in [4.78, 5) is 34.1. The van der Waals surface area contributed by atoms with E-state index in [9.17, 15) is 14.0 Å². The van der Waals surface area contributed by atoms with Gasteiger partial charge in [-0.05, 0) is 42.8 Å². The first-order valence-electron chi connectivity index (χ1n) is 9.22. The van der Waals surface area contributed by atoms with Crippen molar-refractivity contribution in [3.05, 3.63) is 75.8 Å². The number of nitrogens with zero attached hydrogens (tertiary/aromatic N) is 2. The number of hydroxylamine groups is 2. The normalized spacial score (nSPS) is 16.4. The van der Waals surface area contributed by atoms with Gasteiger partial charge in [0.05, 0.1) is 23.3 Å². The Bertz CT molecular complexity index is 1270. The van der Waals surface area contributed by atoms with Gasteiger partial charge in [0.1, 0.15) is 11.6 Å². The number of carbonyl (C=O) groups excluding carboxylic acids is 2. The molecule has 4 rings (SSSR count). The lowest BCUT2D eigenvalue weighted by Crippen LogP contribution is -2.38. The van der Waals surface area contributed by atoms with E-state index in [1.54, 1.807) is 13.0 Å². The molecule has 0 aliphatic carbocycles. The van der Waals surface area contributed by atoms with Crippen LogP contribution in [-0.4, -0.2) is 35.7 Å². The molecular weight excluding hydrogens is 441 g/mol. The molecular formula is C22H15ClFN3O5. The summed E-state index contributed by atoms with van der Waals surface area (Å²) in [5.74, 6) is -1.83. The van der Waals surface area contributed by atoms with Gasteiger partial charge in [-0.3, -0.25) is 10.2 Å². The van der Waals surface area contributed by atoms with Crippen LogP contribution in [0.25, 0.3) is 6.08 Å². The molecule has 1 amide bonds. The highest BCUT2D eigenvalue weighted by Gasteiger charge is 2.34. The fourth-order valence-corrected chi connectivity index (χ4v) is 3.32. The van der Waals surface area contributed by atoms with Crippen LogP contribution in [0.15, 0.2) is 58.8 Å². The maximum absolute atomic E-state index is 13.9. The number of nitrogens with one attached hydrogen (secondary N) is 1. The maximum Gasteiger partial charge on any atom is 0.346 e. The number of carbonyl (C=O) groups is 2. The van der Waals surface area contributed by atoms with Crippen LogP contribution in [0.2, 0.25) is 5.02 Å². The number of methoxy groups -OCH3 is 1. The van der Waals surface area contributed by atoms with Gasteiger partial charge < -0.3 is 14.3 Å². The number of hydrogen-bond acceptors (Lipinski definition) is 6. The Labute approximate surface area is 186 Å². The quantitative estimate of drug-likeness (QED) is 0.422. The zero-order valence-electron chi connectivity index (χ0n) is 16.8. The summed E-state index contributed by atoms with van der Waals surface area (Å²) < 4.78 is 24.4. The number of aliphatic imine (C=N–C) groups is 1. The lowest BCUT2D eigenvalue weighted by atomic mass is 10.1. The lowest BCUT2D eigenvalue weighted by molar-refractivity contribution is -0.114. The van der Waals surface area contributed by atoms with Crippen LogP contribution in [0, 0.1) is 11.2 Å². The van der Waals surface area contributed by atoms with E-state index in [0.29, 0.717) is 11.3 Å². The largest absolute Gasteiger partial charge is 0.493 e. The Morgan fingerprint density at radius 3 is 2.78 bits per heavy atom. The third-order valence-electron chi connectivity index (χ3n) is 4.53. The third kappa shape index (κ3) is 3.85. The molecule has 10 heteroatoms. The Morgan fingerprint density at radius 2 is 2.06 bits per heavy atom. The molecule has 32 heavy (non-hydrogen) atoms. The fourth-order valence-electron chi connectivity index (χ4n) is 3.06. The smallest absolute Gasteiger partial charge is 0.346 e. The van der Waals surface area contributed by atoms with E-state index in [2.05, 4.69) is 4.99 Å². The summed E-state index contributed by atoms with van der Waals surface area (Å²) in [6.07, 6.45) is 2.93. The van der Waals surface area contributed by atoms with Crippen molar-refractivity contribution in [1.29, 1.82) is 5.41 Å². The van der Waals surface area contributed by atoms with Gasteiger partial charge >= 0.3 is 5.97 Å². The van der Waals surface area contributed by atoms with Crippen LogP contribution in [0.5, 0.6) is 11.5 Å². The zero-order chi connectivity index (χ0) is 23.0. The van der Waals surface area contributed by atoms with Gasteiger partial charge in [-0.15, -0.1) is 5.06 Å². The lowest BCUT2D eigenvalue weighted by Gasteiger charge is -2.23. The van der Waals surface area contributed by atoms with Crippen molar-refractivity contribution in [2.24, 2.45) is 4.99 Å².